The van der Waals surface area contributed by atoms with Crippen LogP contribution in [0.5, 0.6) is 0 Å². The van der Waals surface area contributed by atoms with Crippen LogP contribution in [-0.4, -0.2) is 0 Å². The van der Waals surface area contributed by atoms with Crippen molar-refractivity contribution < 1.29 is 0 Å². The molecule has 0 spiro atoms. The number of allylic oxidation sites excluding steroid dienone is 1. The second-order valence-corrected chi connectivity index (χ2v) is 10.2. The molecule has 0 radical (unpaired) electrons. The fourth-order valence-corrected chi connectivity index (χ4v) is 6.40. The smallest absolute Gasteiger partial charge is 0.0317 e. The van der Waals surface area contributed by atoms with Crippen LogP contribution in [0.1, 0.15) is 86.5 Å². The standard InChI is InChI=1S/C24H44/c1-8-9-22(23-14-18(6)10-12-20(23)16(2)3)24-15-19(7)11-13-21(24)17(4)5/h8,16-24H,1,9-15H2,2-7H3. The van der Waals surface area contributed by atoms with E-state index in [0.717, 1.165) is 53.3 Å². The van der Waals surface area contributed by atoms with E-state index in [1.165, 1.54) is 44.9 Å². The van der Waals surface area contributed by atoms with Gasteiger partial charge in [-0.1, -0.05) is 60.5 Å². The van der Waals surface area contributed by atoms with E-state index < -0.39 is 0 Å². The van der Waals surface area contributed by atoms with Gasteiger partial charge < -0.3 is 0 Å². The van der Waals surface area contributed by atoms with Gasteiger partial charge in [0.2, 0.25) is 0 Å². The monoisotopic (exact) mass is 332 g/mol. The van der Waals surface area contributed by atoms with Crippen LogP contribution in [0.15, 0.2) is 12.7 Å². The quantitative estimate of drug-likeness (QED) is 0.439. The number of hydrogen-bond donors (Lipinski definition) is 0. The van der Waals surface area contributed by atoms with Crippen molar-refractivity contribution in [1.29, 1.82) is 0 Å². The molecule has 2 fully saturated rings. The molecule has 0 aromatic heterocycles. The van der Waals surface area contributed by atoms with Gasteiger partial charge in [-0.05, 0) is 85.4 Å². The van der Waals surface area contributed by atoms with Crippen LogP contribution in [0.3, 0.4) is 0 Å². The molecule has 2 aliphatic rings. The summed E-state index contributed by atoms with van der Waals surface area (Å²) in [7, 11) is 0. The van der Waals surface area contributed by atoms with Crippen LogP contribution >= 0.6 is 0 Å². The molecule has 0 aromatic rings. The zero-order chi connectivity index (χ0) is 17.9. The summed E-state index contributed by atoms with van der Waals surface area (Å²) in [5.74, 6) is 8.17. The normalized spacial score (nSPS) is 39.2. The first-order valence-electron chi connectivity index (χ1n) is 11.0. The molecule has 2 saturated carbocycles. The molecule has 0 bridgehead atoms. The molecular weight excluding hydrogens is 288 g/mol. The summed E-state index contributed by atoms with van der Waals surface area (Å²) in [6, 6.07) is 0. The van der Waals surface area contributed by atoms with Crippen molar-refractivity contribution in [2.75, 3.05) is 0 Å². The molecule has 0 N–H and O–H groups in total. The van der Waals surface area contributed by atoms with E-state index >= 15 is 0 Å². The Hall–Kier alpha value is -0.260. The maximum absolute atomic E-state index is 4.17. The van der Waals surface area contributed by atoms with Gasteiger partial charge in [0.1, 0.15) is 0 Å². The summed E-state index contributed by atoms with van der Waals surface area (Å²) < 4.78 is 0. The predicted octanol–water partition coefficient (Wildman–Crippen LogP) is 7.60. The van der Waals surface area contributed by atoms with Crippen molar-refractivity contribution in [3.63, 3.8) is 0 Å². The number of hydrogen-bond acceptors (Lipinski definition) is 0. The van der Waals surface area contributed by atoms with E-state index in [9.17, 15) is 0 Å². The molecule has 0 heterocycles. The third kappa shape index (κ3) is 4.67. The fourth-order valence-electron chi connectivity index (χ4n) is 6.40. The molecule has 0 aromatic carbocycles. The zero-order valence-electron chi connectivity index (χ0n) is 17.4. The lowest BCUT2D eigenvalue weighted by Gasteiger charge is -2.49. The highest BCUT2D eigenvalue weighted by Crippen LogP contribution is 2.51. The van der Waals surface area contributed by atoms with Gasteiger partial charge in [0, 0.05) is 0 Å². The molecule has 6 atom stereocenters. The molecule has 0 amide bonds. The Morgan fingerprint density at radius 2 is 1.17 bits per heavy atom. The lowest BCUT2D eigenvalue weighted by Crippen LogP contribution is -2.41. The SMILES string of the molecule is C=CCC(C1CC(C)CCC1C(C)C)C1CC(C)CCC1C(C)C. The lowest BCUT2D eigenvalue weighted by atomic mass is 9.56. The summed E-state index contributed by atoms with van der Waals surface area (Å²) in [6.45, 7) is 19.1. The first kappa shape index (κ1) is 20.1. The molecule has 24 heavy (non-hydrogen) atoms. The largest absolute Gasteiger partial charge is 0.103 e. The lowest BCUT2D eigenvalue weighted by molar-refractivity contribution is 0.00751. The van der Waals surface area contributed by atoms with E-state index in [4.69, 9.17) is 0 Å². The van der Waals surface area contributed by atoms with Gasteiger partial charge in [-0.25, -0.2) is 0 Å². The van der Waals surface area contributed by atoms with Crippen molar-refractivity contribution in [2.24, 2.45) is 53.3 Å². The molecule has 0 aliphatic heterocycles. The second-order valence-electron chi connectivity index (χ2n) is 10.2. The summed E-state index contributed by atoms with van der Waals surface area (Å²) in [5.41, 5.74) is 0. The van der Waals surface area contributed by atoms with Crippen LogP contribution in [-0.2, 0) is 0 Å². The minimum absolute atomic E-state index is 0.841. The average molecular weight is 333 g/mol. The van der Waals surface area contributed by atoms with Crippen molar-refractivity contribution in [3.8, 4) is 0 Å². The molecule has 6 unspecified atom stereocenters. The Kier molecular flexibility index (Phi) is 7.44. The molecule has 0 heteroatoms. The predicted molar refractivity (Wildman–Crippen MR) is 108 cm³/mol. The first-order chi connectivity index (χ1) is 11.3. The summed E-state index contributed by atoms with van der Waals surface area (Å²) >= 11 is 0. The van der Waals surface area contributed by atoms with Crippen molar-refractivity contribution >= 4 is 0 Å². The number of rotatable bonds is 6. The van der Waals surface area contributed by atoms with Crippen LogP contribution in [0, 0.1) is 53.3 Å². The van der Waals surface area contributed by atoms with E-state index in [2.05, 4.69) is 54.2 Å². The molecule has 140 valence electrons. The van der Waals surface area contributed by atoms with E-state index in [-0.39, 0.29) is 0 Å². The van der Waals surface area contributed by atoms with Gasteiger partial charge in [-0.2, -0.15) is 0 Å². The molecule has 0 nitrogen and oxygen atoms in total. The van der Waals surface area contributed by atoms with Gasteiger partial charge in [0.25, 0.3) is 0 Å². The highest BCUT2D eigenvalue weighted by atomic mass is 14.5. The third-order valence-electron chi connectivity index (χ3n) is 7.69. The van der Waals surface area contributed by atoms with Crippen molar-refractivity contribution in [3.05, 3.63) is 12.7 Å². The van der Waals surface area contributed by atoms with Crippen molar-refractivity contribution in [1.82, 2.24) is 0 Å². The third-order valence-corrected chi connectivity index (χ3v) is 7.69. The first-order valence-corrected chi connectivity index (χ1v) is 11.0. The van der Waals surface area contributed by atoms with Crippen LogP contribution in [0.4, 0.5) is 0 Å². The second kappa shape index (κ2) is 8.91. The topological polar surface area (TPSA) is 0 Å². The van der Waals surface area contributed by atoms with Gasteiger partial charge in [-0.15, -0.1) is 6.58 Å². The van der Waals surface area contributed by atoms with Gasteiger partial charge in [-0.3, -0.25) is 0 Å². The molecule has 2 rings (SSSR count). The average Bonchev–Trinajstić information content (AvgIpc) is 2.51. The maximum Gasteiger partial charge on any atom is -0.0317 e. The van der Waals surface area contributed by atoms with Crippen LogP contribution < -0.4 is 0 Å². The van der Waals surface area contributed by atoms with Crippen LogP contribution in [0.25, 0.3) is 0 Å². The maximum atomic E-state index is 4.17. The highest BCUT2D eigenvalue weighted by molar-refractivity contribution is 4.94. The van der Waals surface area contributed by atoms with Crippen molar-refractivity contribution in [2.45, 2.75) is 86.5 Å². The Bertz CT molecular complexity index is 347. The van der Waals surface area contributed by atoms with Crippen LogP contribution in [0.2, 0.25) is 0 Å². The Balaban J connectivity index is 2.28. The molecule has 2 aliphatic carbocycles. The Morgan fingerprint density at radius 1 is 0.750 bits per heavy atom. The fraction of sp³-hybridized carbons (Fsp3) is 0.917. The molecular formula is C24H44. The highest BCUT2D eigenvalue weighted by Gasteiger charge is 2.43. The van der Waals surface area contributed by atoms with E-state index in [1.807, 2.05) is 0 Å². The minimum atomic E-state index is 0.841. The summed E-state index contributed by atoms with van der Waals surface area (Å²) in [4.78, 5) is 0. The minimum Gasteiger partial charge on any atom is -0.103 e. The van der Waals surface area contributed by atoms with Gasteiger partial charge in [0.05, 0.1) is 0 Å². The van der Waals surface area contributed by atoms with Gasteiger partial charge in [0.15, 0.2) is 0 Å². The Morgan fingerprint density at radius 3 is 1.50 bits per heavy atom. The van der Waals surface area contributed by atoms with E-state index in [0.29, 0.717) is 0 Å². The summed E-state index contributed by atoms with van der Waals surface area (Å²) in [5, 5.41) is 0. The summed E-state index contributed by atoms with van der Waals surface area (Å²) in [6.07, 6.45) is 12.3. The van der Waals surface area contributed by atoms with Gasteiger partial charge >= 0.3 is 0 Å². The molecule has 0 saturated heterocycles. The van der Waals surface area contributed by atoms with E-state index in [1.54, 1.807) is 0 Å². The Labute approximate surface area is 152 Å². The zero-order valence-corrected chi connectivity index (χ0v) is 17.4.